The van der Waals surface area contributed by atoms with Crippen LogP contribution in [0.3, 0.4) is 0 Å². The third-order valence-electron chi connectivity index (χ3n) is 4.59. The third-order valence-corrected chi connectivity index (χ3v) is 4.91. The fourth-order valence-corrected chi connectivity index (χ4v) is 3.52. The highest BCUT2D eigenvalue weighted by molar-refractivity contribution is 6.33. The molecule has 0 spiro atoms. The van der Waals surface area contributed by atoms with E-state index in [2.05, 4.69) is 10.4 Å². The van der Waals surface area contributed by atoms with Crippen molar-refractivity contribution in [1.82, 2.24) is 14.7 Å². The van der Waals surface area contributed by atoms with Crippen LogP contribution in [0, 0.1) is 6.92 Å². The van der Waals surface area contributed by atoms with Gasteiger partial charge in [0, 0.05) is 31.5 Å². The van der Waals surface area contributed by atoms with Crippen LogP contribution in [0.15, 0.2) is 36.7 Å². The minimum atomic E-state index is -0.0589. The molecule has 128 valence electrons. The van der Waals surface area contributed by atoms with Crippen LogP contribution in [-0.2, 0) is 6.54 Å². The molecule has 1 atom stereocenters. The number of amides is 2. The highest BCUT2D eigenvalue weighted by Gasteiger charge is 2.27. The Kier molecular flexibility index (Phi) is 5.41. The predicted octanol–water partition coefficient (Wildman–Crippen LogP) is 4.32. The number of likely N-dealkylation sites (tertiary alicyclic amines) is 1. The van der Waals surface area contributed by atoms with Gasteiger partial charge in [-0.1, -0.05) is 23.7 Å². The van der Waals surface area contributed by atoms with Crippen molar-refractivity contribution >= 4 is 23.3 Å². The average molecular weight is 347 g/mol. The number of nitrogens with zero attached hydrogens (tertiary/aromatic N) is 3. The van der Waals surface area contributed by atoms with Gasteiger partial charge in [0.1, 0.15) is 0 Å². The minimum absolute atomic E-state index is 0.0589. The first-order chi connectivity index (χ1) is 11.6. The third kappa shape index (κ3) is 3.90. The maximum atomic E-state index is 12.8. The highest BCUT2D eigenvalue weighted by Crippen LogP contribution is 2.27. The van der Waals surface area contributed by atoms with Crippen LogP contribution < -0.4 is 5.32 Å². The lowest BCUT2D eigenvalue weighted by atomic mass is 10.00. The molecule has 1 N–H and O–H groups in total. The number of anilines is 1. The smallest absolute Gasteiger partial charge is 0.321 e. The van der Waals surface area contributed by atoms with E-state index in [9.17, 15) is 4.79 Å². The van der Waals surface area contributed by atoms with E-state index in [1.807, 2.05) is 40.9 Å². The molecular weight excluding hydrogens is 324 g/mol. The summed E-state index contributed by atoms with van der Waals surface area (Å²) >= 11 is 6.23. The maximum Gasteiger partial charge on any atom is 0.322 e. The second-order valence-electron chi connectivity index (χ2n) is 6.26. The van der Waals surface area contributed by atoms with Gasteiger partial charge in [-0.3, -0.25) is 4.68 Å². The molecule has 2 aromatic rings. The van der Waals surface area contributed by atoms with Gasteiger partial charge in [0.15, 0.2) is 0 Å². The van der Waals surface area contributed by atoms with Crippen LogP contribution in [0.4, 0.5) is 10.5 Å². The van der Waals surface area contributed by atoms with E-state index >= 15 is 0 Å². The van der Waals surface area contributed by atoms with Gasteiger partial charge in [-0.2, -0.15) is 5.10 Å². The fourth-order valence-electron chi connectivity index (χ4n) is 3.25. The minimum Gasteiger partial charge on any atom is -0.321 e. The molecule has 24 heavy (non-hydrogen) atoms. The number of aryl methyl sites for hydroxylation is 2. The maximum absolute atomic E-state index is 12.8. The van der Waals surface area contributed by atoms with Crippen molar-refractivity contribution in [2.45, 2.75) is 45.2 Å². The molecular formula is C18H23ClN4O. The van der Waals surface area contributed by atoms with Gasteiger partial charge >= 0.3 is 6.03 Å². The van der Waals surface area contributed by atoms with Crippen molar-refractivity contribution in [3.05, 3.63) is 47.2 Å². The first-order valence-corrected chi connectivity index (χ1v) is 8.83. The molecule has 6 heteroatoms. The molecule has 0 radical (unpaired) electrons. The summed E-state index contributed by atoms with van der Waals surface area (Å²) < 4.78 is 1.92. The number of halogens is 1. The Bertz CT molecular complexity index is 666. The zero-order chi connectivity index (χ0) is 16.9. The zero-order valence-electron chi connectivity index (χ0n) is 13.9. The van der Waals surface area contributed by atoms with Crippen LogP contribution >= 0.6 is 11.6 Å². The summed E-state index contributed by atoms with van der Waals surface area (Å²) in [5, 5.41) is 7.82. The van der Waals surface area contributed by atoms with Crippen molar-refractivity contribution in [2.75, 3.05) is 11.9 Å². The summed E-state index contributed by atoms with van der Waals surface area (Å²) in [4.78, 5) is 14.7. The van der Waals surface area contributed by atoms with Crippen LogP contribution in [0.2, 0.25) is 5.02 Å². The molecule has 0 bridgehead atoms. The summed E-state index contributed by atoms with van der Waals surface area (Å²) in [6.45, 7) is 3.57. The monoisotopic (exact) mass is 346 g/mol. The lowest BCUT2D eigenvalue weighted by molar-refractivity contribution is 0.154. The van der Waals surface area contributed by atoms with Crippen LogP contribution in [-0.4, -0.2) is 33.3 Å². The number of para-hydroxylation sites is 1. The molecule has 0 saturated carbocycles. The van der Waals surface area contributed by atoms with Crippen LogP contribution in [0.5, 0.6) is 0 Å². The van der Waals surface area contributed by atoms with Crippen molar-refractivity contribution in [3.8, 4) is 0 Å². The van der Waals surface area contributed by atoms with E-state index in [1.54, 1.807) is 12.3 Å². The van der Waals surface area contributed by atoms with E-state index in [0.717, 1.165) is 37.9 Å². The summed E-state index contributed by atoms with van der Waals surface area (Å²) in [6.07, 6.45) is 7.91. The Hall–Kier alpha value is -2.01. The normalized spacial score (nSPS) is 17.8. The Balaban J connectivity index is 1.66. The van der Waals surface area contributed by atoms with Crippen molar-refractivity contribution in [3.63, 3.8) is 0 Å². The number of aromatic nitrogens is 2. The lowest BCUT2D eigenvalue weighted by Gasteiger charge is -2.36. The zero-order valence-corrected chi connectivity index (χ0v) is 14.7. The molecule has 1 aromatic carbocycles. The van der Waals surface area contributed by atoms with Crippen LogP contribution in [0.1, 0.15) is 31.2 Å². The molecule has 5 nitrogen and oxygen atoms in total. The number of carbonyl (C=O) groups excluding carboxylic acids is 1. The van der Waals surface area contributed by atoms with Gasteiger partial charge in [-0.05, 0) is 50.3 Å². The molecule has 1 aliphatic heterocycles. The number of benzene rings is 1. The van der Waals surface area contributed by atoms with Gasteiger partial charge in [-0.15, -0.1) is 0 Å². The van der Waals surface area contributed by atoms with Gasteiger partial charge in [0.05, 0.1) is 10.7 Å². The predicted molar refractivity (Wildman–Crippen MR) is 96.4 cm³/mol. The van der Waals surface area contributed by atoms with E-state index in [0.29, 0.717) is 10.7 Å². The second kappa shape index (κ2) is 7.71. The Morgan fingerprint density at radius 1 is 1.38 bits per heavy atom. The summed E-state index contributed by atoms with van der Waals surface area (Å²) in [5.41, 5.74) is 1.68. The first kappa shape index (κ1) is 16.8. The Labute approximate surface area is 147 Å². The first-order valence-electron chi connectivity index (χ1n) is 8.45. The van der Waals surface area contributed by atoms with E-state index in [-0.39, 0.29) is 12.1 Å². The summed E-state index contributed by atoms with van der Waals surface area (Å²) in [7, 11) is 0. The molecule has 0 unspecified atom stereocenters. The van der Waals surface area contributed by atoms with E-state index in [4.69, 9.17) is 11.6 Å². The van der Waals surface area contributed by atoms with Gasteiger partial charge in [0.25, 0.3) is 0 Å². The number of hydrogen-bond acceptors (Lipinski definition) is 2. The largest absolute Gasteiger partial charge is 0.322 e. The van der Waals surface area contributed by atoms with Crippen molar-refractivity contribution in [2.24, 2.45) is 0 Å². The molecule has 1 aromatic heterocycles. The standard InChI is InChI=1S/C18H23ClN4O/c1-14-6-4-8-16(19)17(14)21-18(24)23-12-3-2-7-15(23)9-13-22-11-5-10-20-22/h4-6,8,10-11,15H,2-3,7,9,12-13H2,1H3,(H,21,24)/t15-/m0/s1. The molecule has 3 rings (SSSR count). The van der Waals surface area contributed by atoms with Crippen molar-refractivity contribution in [1.29, 1.82) is 0 Å². The molecule has 2 amide bonds. The SMILES string of the molecule is Cc1cccc(Cl)c1NC(=O)N1CCCC[C@H]1CCn1cccn1. The number of piperidine rings is 1. The van der Waals surface area contributed by atoms with Gasteiger partial charge in [-0.25, -0.2) is 4.79 Å². The quantitative estimate of drug-likeness (QED) is 0.896. The van der Waals surface area contributed by atoms with Crippen LogP contribution in [0.25, 0.3) is 0 Å². The number of carbonyl (C=O) groups is 1. The van der Waals surface area contributed by atoms with Gasteiger partial charge < -0.3 is 10.2 Å². The van der Waals surface area contributed by atoms with E-state index in [1.165, 1.54) is 6.42 Å². The molecule has 1 saturated heterocycles. The number of urea groups is 1. The number of hydrogen-bond donors (Lipinski definition) is 1. The molecule has 1 aliphatic rings. The average Bonchev–Trinajstić information content (AvgIpc) is 3.10. The van der Waals surface area contributed by atoms with Crippen molar-refractivity contribution < 1.29 is 4.79 Å². The Morgan fingerprint density at radius 3 is 3.00 bits per heavy atom. The summed E-state index contributed by atoms with van der Waals surface area (Å²) in [5.74, 6) is 0. The number of rotatable bonds is 4. The van der Waals surface area contributed by atoms with Gasteiger partial charge in [0.2, 0.25) is 0 Å². The highest BCUT2D eigenvalue weighted by atomic mass is 35.5. The second-order valence-corrected chi connectivity index (χ2v) is 6.67. The molecule has 1 fully saturated rings. The molecule has 2 heterocycles. The fraction of sp³-hybridized carbons (Fsp3) is 0.444. The molecule has 0 aliphatic carbocycles. The topological polar surface area (TPSA) is 50.2 Å². The summed E-state index contributed by atoms with van der Waals surface area (Å²) in [6, 6.07) is 7.75. The number of nitrogens with one attached hydrogen (secondary N) is 1. The lowest BCUT2D eigenvalue weighted by Crippen LogP contribution is -2.46. The Morgan fingerprint density at radius 2 is 2.25 bits per heavy atom. The van der Waals surface area contributed by atoms with E-state index < -0.39 is 0 Å².